The van der Waals surface area contributed by atoms with E-state index in [1.165, 1.54) is 11.8 Å². The van der Waals surface area contributed by atoms with Crippen LogP contribution >= 0.6 is 23.4 Å². The van der Waals surface area contributed by atoms with Crippen LogP contribution in [0, 0.1) is 5.92 Å². The third-order valence-electron chi connectivity index (χ3n) is 4.02. The van der Waals surface area contributed by atoms with Gasteiger partial charge in [0.05, 0.1) is 16.2 Å². The molecule has 6 nitrogen and oxygen atoms in total. The largest absolute Gasteiger partial charge is 0.338 e. The van der Waals surface area contributed by atoms with Crippen LogP contribution in [0.4, 0.5) is 0 Å². The number of thioether (sulfide) groups is 1. The smallest absolute Gasteiger partial charge is 0.262 e. The van der Waals surface area contributed by atoms with Crippen LogP contribution in [0.2, 0.25) is 5.02 Å². The Labute approximate surface area is 167 Å². The quantitative estimate of drug-likeness (QED) is 0.410. The molecule has 0 bridgehead atoms. The van der Waals surface area contributed by atoms with Crippen LogP contribution in [0.3, 0.4) is 0 Å². The van der Waals surface area contributed by atoms with Crippen molar-refractivity contribution in [2.75, 3.05) is 0 Å². The normalized spacial score (nSPS) is 12.8. The van der Waals surface area contributed by atoms with E-state index in [2.05, 4.69) is 30.9 Å². The van der Waals surface area contributed by atoms with Crippen LogP contribution in [-0.2, 0) is 13.0 Å². The van der Waals surface area contributed by atoms with E-state index in [4.69, 9.17) is 21.1 Å². The summed E-state index contributed by atoms with van der Waals surface area (Å²) in [4.78, 5) is 22.2. The molecule has 144 valence electrons. The third kappa shape index (κ3) is 4.52. The van der Waals surface area contributed by atoms with Gasteiger partial charge in [0, 0.05) is 18.0 Å². The van der Waals surface area contributed by atoms with Crippen LogP contribution in [0.5, 0.6) is 0 Å². The lowest BCUT2D eigenvalue weighted by atomic mass is 10.2. The lowest BCUT2D eigenvalue weighted by Gasteiger charge is -2.16. The molecule has 0 N–H and O–H groups in total. The number of rotatable bonds is 7. The summed E-state index contributed by atoms with van der Waals surface area (Å²) in [6, 6.07) is 5.20. The Hall–Kier alpha value is -1.86. The van der Waals surface area contributed by atoms with Crippen LogP contribution in [0.1, 0.15) is 51.1 Å². The van der Waals surface area contributed by atoms with E-state index in [0.717, 1.165) is 12.8 Å². The Balaban J connectivity index is 2.00. The molecule has 0 unspecified atom stereocenters. The van der Waals surface area contributed by atoms with Crippen molar-refractivity contribution in [2.45, 2.75) is 57.5 Å². The number of aryl methyl sites for hydroxylation is 1. The van der Waals surface area contributed by atoms with Crippen molar-refractivity contribution < 1.29 is 4.52 Å². The summed E-state index contributed by atoms with van der Waals surface area (Å²) in [5, 5.41) is 5.60. The van der Waals surface area contributed by atoms with Crippen molar-refractivity contribution in [2.24, 2.45) is 5.92 Å². The first-order chi connectivity index (χ1) is 12.9. The first-order valence-electron chi connectivity index (χ1n) is 9.08. The van der Waals surface area contributed by atoms with Crippen LogP contribution < -0.4 is 5.56 Å². The van der Waals surface area contributed by atoms with Crippen molar-refractivity contribution in [1.82, 2.24) is 19.7 Å². The fourth-order valence-corrected chi connectivity index (χ4v) is 3.88. The van der Waals surface area contributed by atoms with Gasteiger partial charge in [-0.05, 0) is 37.5 Å². The average molecular weight is 407 g/mol. The Kier molecular flexibility index (Phi) is 6.22. The topological polar surface area (TPSA) is 73.8 Å². The maximum Gasteiger partial charge on any atom is 0.262 e. The Morgan fingerprint density at radius 2 is 2.04 bits per heavy atom. The summed E-state index contributed by atoms with van der Waals surface area (Å²) in [6.45, 7) is 8.77. The molecule has 8 heteroatoms. The second-order valence-electron chi connectivity index (χ2n) is 6.92. The molecule has 0 saturated heterocycles. The fraction of sp³-hybridized carbons (Fsp3) is 0.474. The molecular formula is C19H23ClN4O2S. The average Bonchev–Trinajstić information content (AvgIpc) is 3.08. The van der Waals surface area contributed by atoms with Gasteiger partial charge >= 0.3 is 0 Å². The molecule has 0 aliphatic carbocycles. The molecule has 0 aliphatic rings. The van der Waals surface area contributed by atoms with Gasteiger partial charge in [-0.3, -0.25) is 9.36 Å². The molecule has 1 atom stereocenters. The summed E-state index contributed by atoms with van der Waals surface area (Å²) in [7, 11) is 0. The van der Waals surface area contributed by atoms with E-state index in [1.807, 2.05) is 6.92 Å². The second-order valence-corrected chi connectivity index (χ2v) is 8.67. The third-order valence-corrected chi connectivity index (χ3v) is 5.33. The zero-order valence-electron chi connectivity index (χ0n) is 15.9. The number of nitrogens with zero attached hydrogens (tertiary/aromatic N) is 4. The summed E-state index contributed by atoms with van der Waals surface area (Å²) in [5.74, 6) is 1.56. The Morgan fingerprint density at radius 3 is 2.74 bits per heavy atom. The molecule has 0 aliphatic heterocycles. The number of hydrogen-bond acceptors (Lipinski definition) is 6. The molecular weight excluding hydrogens is 384 g/mol. The zero-order chi connectivity index (χ0) is 19.6. The highest BCUT2D eigenvalue weighted by Crippen LogP contribution is 2.33. The van der Waals surface area contributed by atoms with E-state index < -0.39 is 0 Å². The van der Waals surface area contributed by atoms with E-state index >= 15 is 0 Å². The van der Waals surface area contributed by atoms with Crippen molar-refractivity contribution in [1.29, 1.82) is 0 Å². The van der Waals surface area contributed by atoms with Crippen molar-refractivity contribution in [3.8, 4) is 0 Å². The number of aromatic nitrogens is 4. The minimum atomic E-state index is -0.113. The highest BCUT2D eigenvalue weighted by Gasteiger charge is 2.20. The first kappa shape index (κ1) is 19.9. The first-order valence-corrected chi connectivity index (χ1v) is 10.3. The summed E-state index contributed by atoms with van der Waals surface area (Å²) >= 11 is 7.52. The highest BCUT2D eigenvalue weighted by molar-refractivity contribution is 7.99. The lowest BCUT2D eigenvalue weighted by molar-refractivity contribution is 0.374. The fourth-order valence-electron chi connectivity index (χ4n) is 2.76. The standard InChI is InChI=1S/C19H23ClN4O2S/c1-5-6-16-22-17(26-23-16)12(4)27-19-21-15-8-7-13(20)9-14(15)18(25)24(19)10-11(2)3/h7-9,11-12H,5-6,10H2,1-4H3/t12-/m0/s1. The van der Waals surface area contributed by atoms with Crippen molar-refractivity contribution >= 4 is 34.3 Å². The molecule has 0 fully saturated rings. The summed E-state index contributed by atoms with van der Waals surface area (Å²) in [6.07, 6.45) is 1.75. The van der Waals surface area contributed by atoms with Gasteiger partial charge in [0.2, 0.25) is 5.89 Å². The summed E-state index contributed by atoms with van der Waals surface area (Å²) < 4.78 is 7.11. The van der Waals surface area contributed by atoms with Gasteiger partial charge in [0.25, 0.3) is 5.56 Å². The zero-order valence-corrected chi connectivity index (χ0v) is 17.5. The van der Waals surface area contributed by atoms with Gasteiger partial charge in [-0.2, -0.15) is 4.98 Å². The van der Waals surface area contributed by atoms with Gasteiger partial charge in [-0.25, -0.2) is 4.98 Å². The predicted octanol–water partition coefficient (Wildman–Crippen LogP) is 4.89. The van der Waals surface area contributed by atoms with Gasteiger partial charge in [0.1, 0.15) is 0 Å². The van der Waals surface area contributed by atoms with E-state index in [0.29, 0.717) is 45.3 Å². The number of fused-ring (bicyclic) bond motifs is 1. The van der Waals surface area contributed by atoms with Gasteiger partial charge in [0.15, 0.2) is 11.0 Å². The van der Waals surface area contributed by atoms with E-state index in [-0.39, 0.29) is 10.8 Å². The number of halogens is 1. The molecule has 3 aromatic rings. The van der Waals surface area contributed by atoms with E-state index in [9.17, 15) is 4.79 Å². The highest BCUT2D eigenvalue weighted by atomic mass is 35.5. The molecule has 0 spiro atoms. The molecule has 1 aromatic carbocycles. The molecule has 2 heterocycles. The monoisotopic (exact) mass is 406 g/mol. The Morgan fingerprint density at radius 1 is 1.26 bits per heavy atom. The Bertz CT molecular complexity index is 999. The molecule has 2 aromatic heterocycles. The van der Waals surface area contributed by atoms with Crippen LogP contribution in [-0.4, -0.2) is 19.7 Å². The second kappa shape index (κ2) is 8.44. The lowest BCUT2D eigenvalue weighted by Crippen LogP contribution is -2.25. The van der Waals surface area contributed by atoms with Crippen LogP contribution in [0.25, 0.3) is 10.9 Å². The van der Waals surface area contributed by atoms with Crippen molar-refractivity contribution in [3.05, 3.63) is 45.3 Å². The minimum Gasteiger partial charge on any atom is -0.338 e. The van der Waals surface area contributed by atoms with Crippen molar-refractivity contribution in [3.63, 3.8) is 0 Å². The molecule has 0 radical (unpaired) electrons. The van der Waals surface area contributed by atoms with E-state index in [1.54, 1.807) is 22.8 Å². The maximum absolute atomic E-state index is 13.0. The number of hydrogen-bond donors (Lipinski definition) is 0. The van der Waals surface area contributed by atoms with Gasteiger partial charge in [-0.1, -0.05) is 49.3 Å². The molecule has 0 saturated carbocycles. The minimum absolute atomic E-state index is 0.0805. The van der Waals surface area contributed by atoms with Gasteiger partial charge < -0.3 is 4.52 Å². The summed E-state index contributed by atoms with van der Waals surface area (Å²) in [5.41, 5.74) is 0.555. The SMILES string of the molecule is CCCc1noc([C@H](C)Sc2nc3ccc(Cl)cc3c(=O)n2CC(C)C)n1. The van der Waals surface area contributed by atoms with Gasteiger partial charge in [-0.15, -0.1) is 0 Å². The predicted molar refractivity (Wildman–Crippen MR) is 108 cm³/mol. The molecule has 0 amide bonds. The molecule has 27 heavy (non-hydrogen) atoms. The number of benzene rings is 1. The maximum atomic E-state index is 13.0. The molecule has 3 rings (SSSR count). The van der Waals surface area contributed by atoms with Crippen LogP contribution in [0.15, 0.2) is 32.7 Å².